The largest absolute Gasteiger partial charge is 0.441 e. The smallest absolute Gasteiger partial charge is 0.195 e. The fourth-order valence-electron chi connectivity index (χ4n) is 1.99. The van der Waals surface area contributed by atoms with Crippen LogP contribution in [0.2, 0.25) is 5.02 Å². The molecule has 0 spiro atoms. The molecule has 0 aliphatic carbocycles. The van der Waals surface area contributed by atoms with Crippen molar-refractivity contribution in [1.29, 1.82) is 0 Å². The third-order valence-electron chi connectivity index (χ3n) is 3.00. The Hall–Kier alpha value is -2.00. The fraction of sp³-hybridized carbons (Fsp3) is 0.133. The number of aryl methyl sites for hydroxylation is 2. The first-order valence-corrected chi connectivity index (χ1v) is 6.48. The molecule has 0 aliphatic heterocycles. The first kappa shape index (κ1) is 12.1. The highest BCUT2D eigenvalue weighted by Crippen LogP contribution is 2.20. The second kappa shape index (κ2) is 4.94. The number of nitrogen functional groups attached to an aromatic ring is 1. The van der Waals surface area contributed by atoms with Crippen LogP contribution < -0.4 is 5.73 Å². The Bertz CT molecular complexity index is 704. The number of halogens is 1. The molecular formula is C15H13ClN2O. The van der Waals surface area contributed by atoms with Gasteiger partial charge in [0, 0.05) is 17.1 Å². The summed E-state index contributed by atoms with van der Waals surface area (Å²) in [5.74, 6) is 0.731. The molecule has 3 rings (SSSR count). The molecule has 1 heterocycles. The molecule has 96 valence electrons. The Morgan fingerprint density at radius 1 is 1.05 bits per heavy atom. The van der Waals surface area contributed by atoms with Crippen molar-refractivity contribution in [2.24, 2.45) is 0 Å². The normalized spacial score (nSPS) is 11.0. The van der Waals surface area contributed by atoms with Gasteiger partial charge in [-0.05, 0) is 42.3 Å². The van der Waals surface area contributed by atoms with Crippen LogP contribution in [0.4, 0.5) is 5.69 Å². The molecule has 0 saturated carbocycles. The van der Waals surface area contributed by atoms with Gasteiger partial charge in [0.2, 0.25) is 0 Å². The molecule has 0 bridgehead atoms. The van der Waals surface area contributed by atoms with Crippen molar-refractivity contribution in [3.8, 4) is 0 Å². The van der Waals surface area contributed by atoms with Gasteiger partial charge in [-0.15, -0.1) is 0 Å². The molecule has 3 aromatic rings. The molecule has 0 aliphatic rings. The number of nitrogens with two attached hydrogens (primary N) is 1. The molecule has 0 unspecified atom stereocenters. The zero-order chi connectivity index (χ0) is 13.2. The lowest BCUT2D eigenvalue weighted by atomic mass is 10.1. The molecule has 0 saturated heterocycles. The fourth-order valence-corrected chi connectivity index (χ4v) is 2.16. The van der Waals surface area contributed by atoms with Gasteiger partial charge in [0.15, 0.2) is 11.5 Å². The predicted octanol–water partition coefficient (Wildman–Crippen LogP) is 3.85. The molecule has 2 aromatic carbocycles. The second-order valence-electron chi connectivity index (χ2n) is 4.46. The van der Waals surface area contributed by atoms with E-state index in [1.807, 2.05) is 36.4 Å². The number of benzene rings is 2. The highest BCUT2D eigenvalue weighted by molar-refractivity contribution is 6.31. The van der Waals surface area contributed by atoms with E-state index >= 15 is 0 Å². The first-order valence-electron chi connectivity index (χ1n) is 6.10. The Kier molecular flexibility index (Phi) is 3.13. The highest BCUT2D eigenvalue weighted by atomic mass is 35.5. The van der Waals surface area contributed by atoms with Crippen molar-refractivity contribution >= 4 is 28.4 Å². The quantitative estimate of drug-likeness (QED) is 0.737. The van der Waals surface area contributed by atoms with Crippen molar-refractivity contribution in [3.05, 3.63) is 58.9 Å². The van der Waals surface area contributed by atoms with E-state index in [-0.39, 0.29) is 0 Å². The number of aromatic nitrogens is 1. The Morgan fingerprint density at radius 2 is 1.84 bits per heavy atom. The van der Waals surface area contributed by atoms with E-state index in [9.17, 15) is 0 Å². The van der Waals surface area contributed by atoms with Crippen LogP contribution >= 0.6 is 11.6 Å². The number of hydrogen-bond donors (Lipinski definition) is 1. The van der Waals surface area contributed by atoms with Crippen LogP contribution in [0.15, 0.2) is 46.9 Å². The number of fused-ring (bicyclic) bond motifs is 1. The Morgan fingerprint density at radius 3 is 2.63 bits per heavy atom. The zero-order valence-corrected chi connectivity index (χ0v) is 11.0. The molecule has 3 nitrogen and oxygen atoms in total. The van der Waals surface area contributed by atoms with Gasteiger partial charge < -0.3 is 10.2 Å². The summed E-state index contributed by atoms with van der Waals surface area (Å²) in [6.07, 6.45) is 1.64. The molecule has 0 radical (unpaired) electrons. The third-order valence-corrected chi connectivity index (χ3v) is 3.24. The maximum absolute atomic E-state index is 5.92. The van der Waals surface area contributed by atoms with Crippen molar-refractivity contribution in [3.63, 3.8) is 0 Å². The van der Waals surface area contributed by atoms with Crippen LogP contribution in [0.3, 0.4) is 0 Å². The van der Waals surface area contributed by atoms with E-state index in [1.54, 1.807) is 6.07 Å². The van der Waals surface area contributed by atoms with E-state index in [1.165, 1.54) is 5.56 Å². The summed E-state index contributed by atoms with van der Waals surface area (Å²) in [5, 5.41) is 0.672. The minimum Gasteiger partial charge on any atom is -0.441 e. The van der Waals surface area contributed by atoms with Crippen molar-refractivity contribution in [1.82, 2.24) is 4.98 Å². The summed E-state index contributed by atoms with van der Waals surface area (Å²) >= 11 is 5.92. The van der Waals surface area contributed by atoms with Gasteiger partial charge in [-0.25, -0.2) is 4.98 Å². The van der Waals surface area contributed by atoms with E-state index in [4.69, 9.17) is 21.8 Å². The summed E-state index contributed by atoms with van der Waals surface area (Å²) in [7, 11) is 0. The molecule has 0 fully saturated rings. The maximum atomic E-state index is 5.92. The highest BCUT2D eigenvalue weighted by Gasteiger charge is 2.06. The molecule has 19 heavy (non-hydrogen) atoms. The number of hydrogen-bond acceptors (Lipinski definition) is 3. The van der Waals surface area contributed by atoms with E-state index in [0.717, 1.165) is 35.5 Å². The average Bonchev–Trinajstić information content (AvgIpc) is 2.80. The van der Waals surface area contributed by atoms with E-state index in [0.29, 0.717) is 5.02 Å². The second-order valence-corrected chi connectivity index (χ2v) is 4.90. The SMILES string of the molecule is Nc1ccc(CCc2nc3cc(Cl)ccc3o2)cc1. The average molecular weight is 273 g/mol. The van der Waals surface area contributed by atoms with Gasteiger partial charge >= 0.3 is 0 Å². The molecule has 1 aromatic heterocycles. The molecule has 4 heteroatoms. The number of anilines is 1. The van der Waals surface area contributed by atoms with Gasteiger partial charge in [-0.2, -0.15) is 0 Å². The van der Waals surface area contributed by atoms with Crippen molar-refractivity contribution < 1.29 is 4.42 Å². The number of nitrogens with zero attached hydrogens (tertiary/aromatic N) is 1. The van der Waals surface area contributed by atoms with Gasteiger partial charge in [0.05, 0.1) is 0 Å². The standard InChI is InChI=1S/C15H13ClN2O/c16-11-4-7-14-13(9-11)18-15(19-14)8-3-10-1-5-12(17)6-2-10/h1-2,4-7,9H,3,8,17H2. The van der Waals surface area contributed by atoms with Crippen molar-refractivity contribution in [2.75, 3.05) is 5.73 Å². The molecule has 0 atom stereocenters. The summed E-state index contributed by atoms with van der Waals surface area (Å²) in [5.41, 5.74) is 9.23. The van der Waals surface area contributed by atoms with Crippen molar-refractivity contribution in [2.45, 2.75) is 12.8 Å². The summed E-state index contributed by atoms with van der Waals surface area (Å²) in [6, 6.07) is 13.3. The predicted molar refractivity (Wildman–Crippen MR) is 77.3 cm³/mol. The number of rotatable bonds is 3. The summed E-state index contributed by atoms with van der Waals surface area (Å²) in [4.78, 5) is 4.43. The molecular weight excluding hydrogens is 260 g/mol. The molecule has 2 N–H and O–H groups in total. The lowest BCUT2D eigenvalue weighted by Crippen LogP contribution is -1.92. The van der Waals surface area contributed by atoms with Gasteiger partial charge in [0.1, 0.15) is 5.52 Å². The van der Waals surface area contributed by atoms with Crippen LogP contribution in [-0.2, 0) is 12.8 Å². The minimum absolute atomic E-state index is 0.672. The van der Waals surface area contributed by atoms with Crippen LogP contribution in [-0.4, -0.2) is 4.98 Å². The zero-order valence-electron chi connectivity index (χ0n) is 10.3. The minimum atomic E-state index is 0.672. The van der Waals surface area contributed by atoms with E-state index in [2.05, 4.69) is 4.98 Å². The molecule has 0 amide bonds. The maximum Gasteiger partial charge on any atom is 0.195 e. The van der Waals surface area contributed by atoms with Gasteiger partial charge in [-0.3, -0.25) is 0 Å². The topological polar surface area (TPSA) is 52.0 Å². The Balaban J connectivity index is 1.76. The first-order chi connectivity index (χ1) is 9.20. The van der Waals surface area contributed by atoms with Crippen LogP contribution in [0, 0.1) is 0 Å². The number of oxazole rings is 1. The third kappa shape index (κ3) is 2.71. The lowest BCUT2D eigenvalue weighted by molar-refractivity contribution is 0.528. The summed E-state index contributed by atoms with van der Waals surface area (Å²) in [6.45, 7) is 0. The van der Waals surface area contributed by atoms with Gasteiger partial charge in [-0.1, -0.05) is 23.7 Å². The Labute approximate surface area is 116 Å². The van der Waals surface area contributed by atoms with Crippen LogP contribution in [0.25, 0.3) is 11.1 Å². The van der Waals surface area contributed by atoms with Crippen LogP contribution in [0.1, 0.15) is 11.5 Å². The summed E-state index contributed by atoms with van der Waals surface area (Å²) < 4.78 is 5.67. The van der Waals surface area contributed by atoms with E-state index < -0.39 is 0 Å². The van der Waals surface area contributed by atoms with Gasteiger partial charge in [0.25, 0.3) is 0 Å². The lowest BCUT2D eigenvalue weighted by Gasteiger charge is -1.99. The van der Waals surface area contributed by atoms with Crippen LogP contribution in [0.5, 0.6) is 0 Å². The monoisotopic (exact) mass is 272 g/mol.